The molecule has 1 amide bonds. The summed E-state index contributed by atoms with van der Waals surface area (Å²) in [6, 6.07) is 7.26. The second kappa shape index (κ2) is 4.69. The van der Waals surface area contributed by atoms with Crippen LogP contribution in [0.3, 0.4) is 0 Å². The summed E-state index contributed by atoms with van der Waals surface area (Å²) in [7, 11) is 0. The molecule has 0 bridgehead atoms. The molecule has 0 fully saturated rings. The number of hydrogen-bond acceptors (Lipinski definition) is 3. The van der Waals surface area contributed by atoms with Crippen LogP contribution in [0.1, 0.15) is 17.3 Å². The van der Waals surface area contributed by atoms with Crippen molar-refractivity contribution in [3.63, 3.8) is 0 Å². The van der Waals surface area contributed by atoms with Gasteiger partial charge in [-0.3, -0.25) is 9.89 Å². The first-order valence-electron chi connectivity index (χ1n) is 5.38. The van der Waals surface area contributed by atoms with E-state index in [1.807, 2.05) is 19.1 Å². The van der Waals surface area contributed by atoms with Gasteiger partial charge in [0.2, 0.25) is 0 Å². The fraction of sp³-hybridized carbons (Fsp3) is 0.167. The molecule has 0 aliphatic carbocycles. The number of nitrogen functional groups attached to an aromatic ring is 1. The number of amides is 1. The van der Waals surface area contributed by atoms with Crippen LogP contribution in [0.15, 0.2) is 36.7 Å². The van der Waals surface area contributed by atoms with Crippen LogP contribution in [-0.4, -0.2) is 22.6 Å². The number of aromatic amines is 1. The van der Waals surface area contributed by atoms with Gasteiger partial charge in [0, 0.05) is 24.1 Å². The summed E-state index contributed by atoms with van der Waals surface area (Å²) in [5, 5.41) is 6.40. The van der Waals surface area contributed by atoms with Crippen molar-refractivity contribution >= 4 is 17.3 Å². The third kappa shape index (κ3) is 2.28. The van der Waals surface area contributed by atoms with Crippen molar-refractivity contribution in [3.05, 3.63) is 42.2 Å². The molecule has 5 nitrogen and oxygen atoms in total. The maximum Gasteiger partial charge on any atom is 0.261 e. The van der Waals surface area contributed by atoms with Crippen molar-refractivity contribution in [3.8, 4) is 0 Å². The van der Waals surface area contributed by atoms with Crippen LogP contribution in [0.2, 0.25) is 0 Å². The Kier molecular flexibility index (Phi) is 3.09. The van der Waals surface area contributed by atoms with Gasteiger partial charge < -0.3 is 10.6 Å². The minimum atomic E-state index is -0.0909. The fourth-order valence-electron chi connectivity index (χ4n) is 1.66. The summed E-state index contributed by atoms with van der Waals surface area (Å²) in [5.74, 6) is -0.0909. The van der Waals surface area contributed by atoms with Gasteiger partial charge >= 0.3 is 0 Å². The first-order valence-corrected chi connectivity index (χ1v) is 5.38. The summed E-state index contributed by atoms with van der Waals surface area (Å²) in [6.07, 6.45) is 3.09. The predicted octanol–water partition coefficient (Wildman–Crippen LogP) is 1.66. The van der Waals surface area contributed by atoms with E-state index < -0.39 is 0 Å². The molecule has 2 rings (SSSR count). The van der Waals surface area contributed by atoms with Gasteiger partial charge in [0.15, 0.2) is 0 Å². The zero-order valence-corrected chi connectivity index (χ0v) is 9.55. The Morgan fingerprint density at radius 1 is 1.53 bits per heavy atom. The van der Waals surface area contributed by atoms with E-state index in [2.05, 4.69) is 10.2 Å². The van der Waals surface area contributed by atoms with Crippen LogP contribution in [0, 0.1) is 0 Å². The van der Waals surface area contributed by atoms with Crippen molar-refractivity contribution in [1.82, 2.24) is 10.2 Å². The highest BCUT2D eigenvalue weighted by Crippen LogP contribution is 2.19. The molecule has 0 spiro atoms. The number of rotatable bonds is 3. The van der Waals surface area contributed by atoms with E-state index in [1.165, 1.54) is 6.20 Å². The van der Waals surface area contributed by atoms with E-state index in [1.54, 1.807) is 23.2 Å². The zero-order valence-electron chi connectivity index (χ0n) is 9.55. The number of hydrogen-bond donors (Lipinski definition) is 2. The smallest absolute Gasteiger partial charge is 0.261 e. The number of carbonyl (C=O) groups is 1. The van der Waals surface area contributed by atoms with Crippen LogP contribution in [-0.2, 0) is 0 Å². The normalized spacial score (nSPS) is 10.2. The minimum Gasteiger partial charge on any atom is -0.399 e. The molecule has 5 heteroatoms. The van der Waals surface area contributed by atoms with Gasteiger partial charge in [-0.05, 0) is 25.1 Å². The van der Waals surface area contributed by atoms with E-state index in [0.29, 0.717) is 17.8 Å². The Balaban J connectivity index is 2.31. The first kappa shape index (κ1) is 11.2. The molecule has 0 saturated heterocycles. The number of nitrogens with one attached hydrogen (secondary N) is 1. The van der Waals surface area contributed by atoms with Gasteiger partial charge in [0.05, 0.1) is 11.8 Å². The minimum absolute atomic E-state index is 0.0909. The second-order valence-corrected chi connectivity index (χ2v) is 3.63. The molecule has 1 heterocycles. The Labute approximate surface area is 99.2 Å². The molecule has 3 N–H and O–H groups in total. The highest BCUT2D eigenvalue weighted by Gasteiger charge is 2.16. The number of nitrogens with zero attached hydrogens (tertiary/aromatic N) is 2. The zero-order chi connectivity index (χ0) is 12.3. The van der Waals surface area contributed by atoms with E-state index in [9.17, 15) is 4.79 Å². The van der Waals surface area contributed by atoms with E-state index in [0.717, 1.165) is 5.69 Å². The van der Waals surface area contributed by atoms with E-state index in [-0.39, 0.29) is 5.91 Å². The van der Waals surface area contributed by atoms with E-state index in [4.69, 9.17) is 5.73 Å². The highest BCUT2D eigenvalue weighted by molar-refractivity contribution is 6.05. The Hall–Kier alpha value is -2.30. The van der Waals surface area contributed by atoms with Crippen LogP contribution in [0.5, 0.6) is 0 Å². The van der Waals surface area contributed by atoms with Crippen molar-refractivity contribution in [1.29, 1.82) is 0 Å². The molecule has 17 heavy (non-hydrogen) atoms. The van der Waals surface area contributed by atoms with Gasteiger partial charge in [0.25, 0.3) is 5.91 Å². The summed E-state index contributed by atoms with van der Waals surface area (Å²) >= 11 is 0. The third-order valence-electron chi connectivity index (χ3n) is 2.49. The van der Waals surface area contributed by atoms with Gasteiger partial charge in [-0.2, -0.15) is 5.10 Å². The van der Waals surface area contributed by atoms with Gasteiger partial charge in [-0.25, -0.2) is 0 Å². The monoisotopic (exact) mass is 230 g/mol. The van der Waals surface area contributed by atoms with Crippen LogP contribution >= 0.6 is 0 Å². The average Bonchev–Trinajstić information content (AvgIpc) is 2.83. The largest absolute Gasteiger partial charge is 0.399 e. The second-order valence-electron chi connectivity index (χ2n) is 3.63. The number of H-pyrrole nitrogens is 1. The van der Waals surface area contributed by atoms with Crippen LogP contribution in [0.4, 0.5) is 11.4 Å². The quantitative estimate of drug-likeness (QED) is 0.787. The fourth-order valence-corrected chi connectivity index (χ4v) is 1.66. The Morgan fingerprint density at radius 2 is 2.35 bits per heavy atom. The lowest BCUT2D eigenvalue weighted by atomic mass is 10.2. The number of benzene rings is 1. The molecule has 0 unspecified atom stereocenters. The lowest BCUT2D eigenvalue weighted by molar-refractivity contribution is 0.0988. The molecule has 2 aromatic rings. The molecule has 1 aromatic carbocycles. The predicted molar refractivity (Wildman–Crippen MR) is 66.8 cm³/mol. The Morgan fingerprint density at radius 3 is 2.94 bits per heavy atom. The number of anilines is 2. The summed E-state index contributed by atoms with van der Waals surface area (Å²) in [6.45, 7) is 2.49. The maximum atomic E-state index is 12.2. The Bertz CT molecular complexity index is 507. The summed E-state index contributed by atoms with van der Waals surface area (Å²) < 4.78 is 0. The summed E-state index contributed by atoms with van der Waals surface area (Å²) in [4.78, 5) is 13.8. The lowest BCUT2D eigenvalue weighted by Crippen LogP contribution is -2.30. The first-order chi connectivity index (χ1) is 8.22. The molecule has 1 aromatic heterocycles. The van der Waals surface area contributed by atoms with Crippen molar-refractivity contribution in [2.45, 2.75) is 6.92 Å². The molecule has 0 aliphatic rings. The highest BCUT2D eigenvalue weighted by atomic mass is 16.2. The molecule has 88 valence electrons. The van der Waals surface area contributed by atoms with Crippen LogP contribution < -0.4 is 10.6 Å². The molecule has 0 atom stereocenters. The van der Waals surface area contributed by atoms with Crippen molar-refractivity contribution in [2.24, 2.45) is 0 Å². The van der Waals surface area contributed by atoms with Crippen molar-refractivity contribution in [2.75, 3.05) is 17.2 Å². The van der Waals surface area contributed by atoms with Crippen molar-refractivity contribution < 1.29 is 4.79 Å². The molecular weight excluding hydrogens is 216 g/mol. The topological polar surface area (TPSA) is 75.0 Å². The van der Waals surface area contributed by atoms with Crippen LogP contribution in [0.25, 0.3) is 0 Å². The third-order valence-corrected chi connectivity index (χ3v) is 2.49. The molecular formula is C12H14N4O. The molecule has 0 saturated carbocycles. The number of carbonyl (C=O) groups excluding carboxylic acids is 1. The van der Waals surface area contributed by atoms with Gasteiger partial charge in [0.1, 0.15) is 0 Å². The standard InChI is InChI=1S/C12H14N4O/c1-2-16(11-5-3-4-10(13)6-11)12(17)9-7-14-15-8-9/h3-8H,2,13H2,1H3,(H,14,15). The molecule has 0 aliphatic heterocycles. The van der Waals surface area contributed by atoms with E-state index >= 15 is 0 Å². The lowest BCUT2D eigenvalue weighted by Gasteiger charge is -2.20. The number of aromatic nitrogens is 2. The average molecular weight is 230 g/mol. The molecule has 0 radical (unpaired) electrons. The van der Waals surface area contributed by atoms with Gasteiger partial charge in [-0.1, -0.05) is 6.07 Å². The SMILES string of the molecule is CCN(C(=O)c1cn[nH]c1)c1cccc(N)c1. The summed E-state index contributed by atoms with van der Waals surface area (Å²) in [5.41, 5.74) is 7.68. The van der Waals surface area contributed by atoms with Gasteiger partial charge in [-0.15, -0.1) is 0 Å². The maximum absolute atomic E-state index is 12.2. The number of nitrogens with two attached hydrogens (primary N) is 1.